The van der Waals surface area contributed by atoms with E-state index in [0.29, 0.717) is 19.6 Å². The van der Waals surface area contributed by atoms with Gasteiger partial charge in [0.25, 0.3) is 0 Å². The van der Waals surface area contributed by atoms with Crippen LogP contribution < -0.4 is 5.73 Å². The van der Waals surface area contributed by atoms with Crippen molar-refractivity contribution >= 4 is 0 Å². The van der Waals surface area contributed by atoms with E-state index in [1.165, 1.54) is 0 Å². The second-order valence-corrected chi connectivity index (χ2v) is 5.42. The third-order valence-electron chi connectivity index (χ3n) is 4.22. The number of ether oxygens (including phenoxy) is 1. The first-order valence-corrected chi connectivity index (χ1v) is 6.94. The molecule has 2 atom stereocenters. The summed E-state index contributed by atoms with van der Waals surface area (Å²) in [7, 11) is 0. The average molecular weight is 282 g/mol. The lowest BCUT2D eigenvalue weighted by atomic mass is 9.84. The molecule has 0 amide bonds. The van der Waals surface area contributed by atoms with Gasteiger partial charge in [-0.25, -0.2) is 0 Å². The summed E-state index contributed by atoms with van der Waals surface area (Å²) in [5, 5.41) is 0. The second kappa shape index (κ2) is 6.90. The van der Waals surface area contributed by atoms with Crippen molar-refractivity contribution in [1.82, 2.24) is 4.90 Å². The molecule has 0 aromatic rings. The first-order valence-electron chi connectivity index (χ1n) is 6.94. The van der Waals surface area contributed by atoms with Crippen molar-refractivity contribution in [3.05, 3.63) is 0 Å². The summed E-state index contributed by atoms with van der Waals surface area (Å²) in [5.74, 6) is 0. The van der Waals surface area contributed by atoms with Crippen LogP contribution in [0.1, 0.15) is 39.5 Å². The van der Waals surface area contributed by atoms with Gasteiger partial charge in [-0.2, -0.15) is 13.2 Å². The molecule has 0 aliphatic carbocycles. The maximum atomic E-state index is 12.2. The number of alkyl halides is 3. The van der Waals surface area contributed by atoms with Gasteiger partial charge in [-0.05, 0) is 26.2 Å². The second-order valence-electron chi connectivity index (χ2n) is 5.42. The smallest absolute Gasteiger partial charge is 0.379 e. The molecule has 1 aliphatic rings. The van der Waals surface area contributed by atoms with Crippen molar-refractivity contribution in [2.24, 2.45) is 5.73 Å². The Balaban J connectivity index is 2.51. The maximum absolute atomic E-state index is 12.2. The van der Waals surface area contributed by atoms with Crippen molar-refractivity contribution in [2.45, 2.75) is 57.3 Å². The van der Waals surface area contributed by atoms with E-state index in [1.54, 1.807) is 0 Å². The molecule has 0 aromatic carbocycles. The molecular formula is C13H25F3N2O. The Bertz CT molecular complexity index is 267. The molecule has 1 saturated heterocycles. The molecule has 114 valence electrons. The summed E-state index contributed by atoms with van der Waals surface area (Å²) < 4.78 is 41.8. The number of hydrogen-bond donors (Lipinski definition) is 1. The van der Waals surface area contributed by atoms with E-state index < -0.39 is 12.6 Å². The minimum Gasteiger partial charge on any atom is -0.379 e. The predicted octanol–water partition coefficient (Wildman–Crippen LogP) is 2.55. The van der Waals surface area contributed by atoms with Crippen LogP contribution in [0, 0.1) is 0 Å². The molecule has 1 rings (SSSR count). The fraction of sp³-hybridized carbons (Fsp3) is 1.00. The van der Waals surface area contributed by atoms with E-state index in [0.717, 1.165) is 19.5 Å². The van der Waals surface area contributed by atoms with Crippen LogP contribution >= 0.6 is 0 Å². The zero-order chi connectivity index (χ0) is 14.5. The van der Waals surface area contributed by atoms with E-state index in [-0.39, 0.29) is 18.0 Å². The van der Waals surface area contributed by atoms with Crippen LogP contribution in [0.25, 0.3) is 0 Å². The molecule has 0 bridgehead atoms. The summed E-state index contributed by atoms with van der Waals surface area (Å²) in [5.41, 5.74) is 5.93. The van der Waals surface area contributed by atoms with Gasteiger partial charge in [-0.15, -0.1) is 0 Å². The maximum Gasteiger partial charge on any atom is 0.389 e. The summed E-state index contributed by atoms with van der Waals surface area (Å²) in [6.45, 7) is 7.04. The fourth-order valence-corrected chi connectivity index (χ4v) is 2.63. The summed E-state index contributed by atoms with van der Waals surface area (Å²) in [6, 6.07) is -0.238. The van der Waals surface area contributed by atoms with Gasteiger partial charge in [0.05, 0.1) is 13.2 Å². The SMILES string of the molecule is CCC(C)(C(N)CCCC(F)(F)F)N1CCOCC1. The van der Waals surface area contributed by atoms with Gasteiger partial charge in [0.1, 0.15) is 0 Å². The monoisotopic (exact) mass is 282 g/mol. The Kier molecular flexibility index (Phi) is 6.08. The molecule has 19 heavy (non-hydrogen) atoms. The largest absolute Gasteiger partial charge is 0.389 e. The molecule has 2 unspecified atom stereocenters. The Morgan fingerprint density at radius 2 is 1.84 bits per heavy atom. The van der Waals surface area contributed by atoms with Gasteiger partial charge in [0.15, 0.2) is 0 Å². The normalized spacial score (nSPS) is 23.1. The van der Waals surface area contributed by atoms with Gasteiger partial charge < -0.3 is 10.5 Å². The number of rotatable bonds is 6. The summed E-state index contributed by atoms with van der Waals surface area (Å²) in [4.78, 5) is 2.26. The van der Waals surface area contributed by atoms with Gasteiger partial charge >= 0.3 is 6.18 Å². The average Bonchev–Trinajstić information content (AvgIpc) is 2.37. The van der Waals surface area contributed by atoms with Crippen LogP contribution in [0.3, 0.4) is 0 Å². The molecule has 6 heteroatoms. The van der Waals surface area contributed by atoms with Crippen molar-refractivity contribution in [3.63, 3.8) is 0 Å². The molecule has 1 heterocycles. The van der Waals surface area contributed by atoms with E-state index in [4.69, 9.17) is 10.5 Å². The number of nitrogens with zero attached hydrogens (tertiary/aromatic N) is 1. The Morgan fingerprint density at radius 1 is 1.26 bits per heavy atom. The molecule has 0 aromatic heterocycles. The van der Waals surface area contributed by atoms with Gasteiger partial charge in [-0.3, -0.25) is 4.90 Å². The van der Waals surface area contributed by atoms with Gasteiger partial charge in [0, 0.05) is 31.1 Å². The Morgan fingerprint density at radius 3 is 2.32 bits per heavy atom. The minimum absolute atomic E-state index is 0.102. The number of nitrogens with two attached hydrogens (primary N) is 1. The highest BCUT2D eigenvalue weighted by Crippen LogP contribution is 2.28. The van der Waals surface area contributed by atoms with Crippen LogP contribution in [-0.4, -0.2) is 49.0 Å². The van der Waals surface area contributed by atoms with Crippen molar-refractivity contribution < 1.29 is 17.9 Å². The first kappa shape index (κ1) is 16.7. The lowest BCUT2D eigenvalue weighted by Crippen LogP contribution is -2.60. The predicted molar refractivity (Wildman–Crippen MR) is 69.0 cm³/mol. The molecule has 0 radical (unpaired) electrons. The van der Waals surface area contributed by atoms with Crippen LogP contribution in [0.15, 0.2) is 0 Å². The van der Waals surface area contributed by atoms with Crippen LogP contribution in [-0.2, 0) is 4.74 Å². The third kappa shape index (κ3) is 4.93. The summed E-state index contributed by atoms with van der Waals surface area (Å²) in [6.07, 6.45) is -3.49. The molecule has 0 spiro atoms. The zero-order valence-electron chi connectivity index (χ0n) is 11.8. The lowest BCUT2D eigenvalue weighted by molar-refractivity contribution is -0.136. The van der Waals surface area contributed by atoms with Crippen molar-refractivity contribution in [2.75, 3.05) is 26.3 Å². The molecule has 2 N–H and O–H groups in total. The molecule has 1 aliphatic heterocycles. The summed E-state index contributed by atoms with van der Waals surface area (Å²) >= 11 is 0. The van der Waals surface area contributed by atoms with Crippen LogP contribution in [0.5, 0.6) is 0 Å². The van der Waals surface area contributed by atoms with E-state index in [1.807, 2.05) is 6.92 Å². The number of morpholine rings is 1. The molecule has 1 fully saturated rings. The molecule has 0 saturated carbocycles. The first-order chi connectivity index (χ1) is 8.79. The fourth-order valence-electron chi connectivity index (χ4n) is 2.63. The Labute approximate surface area is 113 Å². The van der Waals surface area contributed by atoms with E-state index in [9.17, 15) is 13.2 Å². The molecular weight excluding hydrogens is 257 g/mol. The van der Waals surface area contributed by atoms with E-state index >= 15 is 0 Å². The highest BCUT2D eigenvalue weighted by Gasteiger charge is 2.37. The third-order valence-corrected chi connectivity index (χ3v) is 4.22. The Hall–Kier alpha value is -0.330. The topological polar surface area (TPSA) is 38.5 Å². The number of halogens is 3. The number of hydrogen-bond acceptors (Lipinski definition) is 3. The molecule has 3 nitrogen and oxygen atoms in total. The standard InChI is InChI=1S/C13H25F3N2O/c1-3-12(2,18-7-9-19-10-8-18)11(17)5-4-6-13(14,15)16/h11H,3-10,17H2,1-2H3. The lowest BCUT2D eigenvalue weighted by Gasteiger charge is -2.46. The quantitative estimate of drug-likeness (QED) is 0.813. The van der Waals surface area contributed by atoms with Gasteiger partial charge in [-0.1, -0.05) is 6.92 Å². The zero-order valence-corrected chi connectivity index (χ0v) is 11.8. The van der Waals surface area contributed by atoms with Gasteiger partial charge in [0.2, 0.25) is 0 Å². The highest BCUT2D eigenvalue weighted by atomic mass is 19.4. The highest BCUT2D eigenvalue weighted by molar-refractivity contribution is 4.95. The van der Waals surface area contributed by atoms with Crippen LogP contribution in [0.2, 0.25) is 0 Å². The minimum atomic E-state index is -4.08. The van der Waals surface area contributed by atoms with Crippen LogP contribution in [0.4, 0.5) is 13.2 Å². The van der Waals surface area contributed by atoms with Crippen molar-refractivity contribution in [1.29, 1.82) is 0 Å². The van der Waals surface area contributed by atoms with Crippen molar-refractivity contribution in [3.8, 4) is 0 Å². The van der Waals surface area contributed by atoms with E-state index in [2.05, 4.69) is 11.8 Å².